The van der Waals surface area contributed by atoms with Gasteiger partial charge in [0.2, 0.25) is 0 Å². The van der Waals surface area contributed by atoms with Crippen LogP contribution in [0.25, 0.3) is 0 Å². The molecule has 1 heterocycles. The molecule has 0 spiro atoms. The molecule has 5 atom stereocenters. The molecule has 1 saturated heterocycles. The SMILES string of the molecule is OC[C@H]1O[C@H](O[SiH3])[C@@H](O)[C@@H](O)[C@@H]1O. The Morgan fingerprint density at radius 3 is 2.23 bits per heavy atom. The molecule has 0 aromatic heterocycles. The van der Waals surface area contributed by atoms with Crippen LogP contribution in [0.15, 0.2) is 0 Å². The zero-order valence-electron chi connectivity index (χ0n) is 7.20. The molecule has 1 aliphatic heterocycles. The van der Waals surface area contributed by atoms with Crippen molar-refractivity contribution in [2.75, 3.05) is 6.61 Å². The standard InChI is InChI=1S/C6H14O6Si/c7-1-2-3(8)4(9)5(10)6(11-2)12-13/h2-10H,1H2,13H3/t2-,3-,4+,5+,6-/m1/s1. The van der Waals surface area contributed by atoms with Gasteiger partial charge in [0.15, 0.2) is 6.29 Å². The highest BCUT2D eigenvalue weighted by Crippen LogP contribution is 2.20. The van der Waals surface area contributed by atoms with Crippen molar-refractivity contribution in [2.24, 2.45) is 0 Å². The molecule has 7 heteroatoms. The maximum atomic E-state index is 9.30. The van der Waals surface area contributed by atoms with Crippen molar-refractivity contribution in [1.82, 2.24) is 0 Å². The lowest BCUT2D eigenvalue weighted by Gasteiger charge is -2.39. The summed E-state index contributed by atoms with van der Waals surface area (Å²) in [6, 6.07) is 0. The lowest BCUT2D eigenvalue weighted by Crippen LogP contribution is -2.59. The topological polar surface area (TPSA) is 99.4 Å². The first-order valence-corrected chi connectivity index (χ1v) is 4.76. The number of ether oxygens (including phenoxy) is 1. The smallest absolute Gasteiger partial charge is 0.176 e. The van der Waals surface area contributed by atoms with Gasteiger partial charge in [-0.2, -0.15) is 0 Å². The van der Waals surface area contributed by atoms with Gasteiger partial charge in [-0.25, -0.2) is 0 Å². The van der Waals surface area contributed by atoms with E-state index in [9.17, 15) is 15.3 Å². The van der Waals surface area contributed by atoms with Crippen molar-refractivity contribution >= 4 is 10.5 Å². The fraction of sp³-hybridized carbons (Fsp3) is 1.00. The van der Waals surface area contributed by atoms with E-state index in [1.807, 2.05) is 0 Å². The molecule has 0 unspecified atom stereocenters. The van der Waals surface area contributed by atoms with Crippen molar-refractivity contribution in [2.45, 2.75) is 30.7 Å². The number of aliphatic hydroxyl groups is 4. The van der Waals surface area contributed by atoms with Crippen LogP contribution in [-0.4, -0.2) is 68.2 Å². The Morgan fingerprint density at radius 1 is 1.15 bits per heavy atom. The van der Waals surface area contributed by atoms with E-state index in [4.69, 9.17) is 14.3 Å². The molecule has 4 N–H and O–H groups in total. The minimum Gasteiger partial charge on any atom is -0.402 e. The molecule has 13 heavy (non-hydrogen) atoms. The van der Waals surface area contributed by atoms with Gasteiger partial charge < -0.3 is 29.6 Å². The summed E-state index contributed by atoms with van der Waals surface area (Å²) in [6.07, 6.45) is -5.76. The Labute approximate surface area is 78.3 Å². The zero-order valence-corrected chi connectivity index (χ0v) is 9.20. The van der Waals surface area contributed by atoms with Gasteiger partial charge in [-0.15, -0.1) is 0 Å². The predicted molar refractivity (Wildman–Crippen MR) is 44.8 cm³/mol. The summed E-state index contributed by atoms with van der Waals surface area (Å²) in [4.78, 5) is 0. The van der Waals surface area contributed by atoms with Gasteiger partial charge in [-0.3, -0.25) is 0 Å². The van der Waals surface area contributed by atoms with Gasteiger partial charge >= 0.3 is 0 Å². The molecular weight excluding hydrogens is 196 g/mol. The maximum absolute atomic E-state index is 9.30. The molecule has 1 fully saturated rings. The summed E-state index contributed by atoms with van der Waals surface area (Å²) < 4.78 is 9.82. The Balaban J connectivity index is 2.66. The number of hydrogen-bond donors (Lipinski definition) is 4. The minimum absolute atomic E-state index is 0.337. The molecule has 0 aromatic carbocycles. The summed E-state index contributed by atoms with van der Waals surface area (Å²) in [5, 5.41) is 36.6. The Kier molecular flexibility index (Phi) is 3.80. The van der Waals surface area contributed by atoms with E-state index < -0.39 is 37.3 Å². The summed E-state index contributed by atoms with van der Waals surface area (Å²) in [5.41, 5.74) is 0. The molecule has 0 saturated carbocycles. The third-order valence-electron chi connectivity index (χ3n) is 2.08. The van der Waals surface area contributed by atoms with Crippen molar-refractivity contribution in [3.8, 4) is 0 Å². The summed E-state index contributed by atoms with van der Waals surface area (Å²) >= 11 is 0. The van der Waals surface area contributed by atoms with Crippen molar-refractivity contribution in [3.05, 3.63) is 0 Å². The molecule has 6 nitrogen and oxygen atoms in total. The van der Waals surface area contributed by atoms with Crippen LogP contribution in [0.1, 0.15) is 0 Å². The molecule has 0 radical (unpaired) electrons. The number of hydrogen-bond acceptors (Lipinski definition) is 6. The summed E-state index contributed by atoms with van der Waals surface area (Å²) in [6.45, 7) is -0.424. The van der Waals surface area contributed by atoms with Crippen LogP contribution < -0.4 is 0 Å². The van der Waals surface area contributed by atoms with Crippen LogP contribution >= 0.6 is 0 Å². The summed E-state index contributed by atoms with van der Waals surface area (Å²) in [7, 11) is 0.337. The fourth-order valence-corrected chi connectivity index (χ4v) is 1.65. The van der Waals surface area contributed by atoms with E-state index in [1.165, 1.54) is 0 Å². The van der Waals surface area contributed by atoms with Gasteiger partial charge in [-0.05, 0) is 0 Å². The van der Waals surface area contributed by atoms with Crippen LogP contribution in [0.2, 0.25) is 0 Å². The first-order valence-electron chi connectivity index (χ1n) is 3.95. The van der Waals surface area contributed by atoms with Crippen LogP contribution in [-0.2, 0) is 9.16 Å². The molecule has 1 aliphatic rings. The van der Waals surface area contributed by atoms with Crippen LogP contribution in [0.4, 0.5) is 0 Å². The first kappa shape index (κ1) is 11.1. The van der Waals surface area contributed by atoms with E-state index in [2.05, 4.69) is 0 Å². The van der Waals surface area contributed by atoms with E-state index in [0.29, 0.717) is 10.5 Å². The van der Waals surface area contributed by atoms with Crippen LogP contribution in [0.5, 0.6) is 0 Å². The second kappa shape index (κ2) is 4.47. The highest BCUT2D eigenvalue weighted by molar-refractivity contribution is 5.98. The highest BCUT2D eigenvalue weighted by Gasteiger charge is 2.43. The number of rotatable bonds is 2. The lowest BCUT2D eigenvalue weighted by molar-refractivity contribution is -0.277. The molecular formula is C6H14O6Si. The van der Waals surface area contributed by atoms with E-state index in [0.717, 1.165) is 0 Å². The fourth-order valence-electron chi connectivity index (χ4n) is 1.26. The Morgan fingerprint density at radius 2 is 1.77 bits per heavy atom. The van der Waals surface area contributed by atoms with E-state index >= 15 is 0 Å². The molecule has 0 amide bonds. The molecule has 78 valence electrons. The van der Waals surface area contributed by atoms with E-state index in [-0.39, 0.29) is 0 Å². The van der Waals surface area contributed by atoms with Crippen LogP contribution in [0.3, 0.4) is 0 Å². The quantitative estimate of drug-likeness (QED) is 0.348. The summed E-state index contributed by atoms with van der Waals surface area (Å²) in [5.74, 6) is 0. The maximum Gasteiger partial charge on any atom is 0.176 e. The zero-order chi connectivity index (χ0) is 10.0. The molecule has 0 aliphatic carbocycles. The molecule has 0 bridgehead atoms. The molecule has 1 rings (SSSR count). The van der Waals surface area contributed by atoms with Gasteiger partial charge in [0.1, 0.15) is 34.9 Å². The van der Waals surface area contributed by atoms with Crippen molar-refractivity contribution < 1.29 is 29.6 Å². The third-order valence-corrected chi connectivity index (χ3v) is 2.55. The monoisotopic (exact) mass is 210 g/mol. The highest BCUT2D eigenvalue weighted by atomic mass is 28.2. The van der Waals surface area contributed by atoms with Crippen molar-refractivity contribution in [3.63, 3.8) is 0 Å². The lowest BCUT2D eigenvalue weighted by atomic mass is 10.00. The second-order valence-corrected chi connectivity index (χ2v) is 3.40. The van der Waals surface area contributed by atoms with Gasteiger partial charge in [0, 0.05) is 0 Å². The minimum atomic E-state index is -1.34. The van der Waals surface area contributed by atoms with Crippen molar-refractivity contribution in [1.29, 1.82) is 0 Å². The number of aliphatic hydroxyl groups excluding tert-OH is 4. The Hall–Kier alpha value is -0.0231. The largest absolute Gasteiger partial charge is 0.402 e. The van der Waals surface area contributed by atoms with E-state index in [1.54, 1.807) is 0 Å². The third kappa shape index (κ3) is 2.07. The normalized spacial score (nSPS) is 46.6. The van der Waals surface area contributed by atoms with Gasteiger partial charge in [0.05, 0.1) is 6.61 Å². The first-order chi connectivity index (χ1) is 6.11. The second-order valence-electron chi connectivity index (χ2n) is 2.93. The molecule has 0 aromatic rings. The predicted octanol–water partition coefficient (Wildman–Crippen LogP) is -3.92. The van der Waals surface area contributed by atoms with Gasteiger partial charge in [-0.1, -0.05) is 0 Å². The Bertz CT molecular complexity index is 147. The average Bonchev–Trinajstić information content (AvgIpc) is 2.15. The average molecular weight is 210 g/mol. The van der Waals surface area contributed by atoms with Gasteiger partial charge in [0.25, 0.3) is 0 Å². The van der Waals surface area contributed by atoms with Crippen LogP contribution in [0, 0.1) is 0 Å².